The Labute approximate surface area is 219 Å². The van der Waals surface area contributed by atoms with Gasteiger partial charge < -0.3 is 5.11 Å². The van der Waals surface area contributed by atoms with E-state index < -0.39 is 38.2 Å². The van der Waals surface area contributed by atoms with Crippen molar-refractivity contribution >= 4 is 9.84 Å². The lowest BCUT2D eigenvalue weighted by molar-refractivity contribution is 0.412. The van der Waals surface area contributed by atoms with Gasteiger partial charge in [0.05, 0.1) is 22.6 Å². The van der Waals surface area contributed by atoms with Crippen LogP contribution in [0.3, 0.4) is 0 Å². The van der Waals surface area contributed by atoms with Gasteiger partial charge in [-0.2, -0.15) is 14.6 Å². The lowest BCUT2D eigenvalue weighted by Crippen LogP contribution is -2.32. The van der Waals surface area contributed by atoms with E-state index in [1.54, 1.807) is 31.2 Å². The Morgan fingerprint density at radius 3 is 2.45 bits per heavy atom. The molecule has 1 N–H and O–H groups in total. The van der Waals surface area contributed by atoms with Crippen LogP contribution in [0.2, 0.25) is 0 Å². The van der Waals surface area contributed by atoms with Crippen LogP contribution in [-0.2, 0) is 16.3 Å². The predicted octanol–water partition coefficient (Wildman–Crippen LogP) is 4.81. The second kappa shape index (κ2) is 10.9. The van der Waals surface area contributed by atoms with E-state index >= 15 is 0 Å². The van der Waals surface area contributed by atoms with Crippen molar-refractivity contribution in [3.05, 3.63) is 100 Å². The van der Waals surface area contributed by atoms with Crippen molar-refractivity contribution < 1.29 is 17.9 Å². The third-order valence-electron chi connectivity index (χ3n) is 6.26. The van der Waals surface area contributed by atoms with Crippen LogP contribution >= 0.6 is 0 Å². The fourth-order valence-electron chi connectivity index (χ4n) is 4.20. The van der Waals surface area contributed by atoms with Crippen molar-refractivity contribution in [1.29, 1.82) is 5.26 Å². The SMILES string of the molecule is CCCCc1nc(O)c(S(=O)(=O)c2ccc(-c3ccc(F)nc3)cc2)c(=O)n1[C@@H](C)c1cccc(C#N)c1. The second-order valence-corrected chi connectivity index (χ2v) is 10.7. The van der Waals surface area contributed by atoms with Crippen molar-refractivity contribution in [2.75, 3.05) is 0 Å². The van der Waals surface area contributed by atoms with E-state index in [0.717, 1.165) is 6.42 Å². The van der Waals surface area contributed by atoms with Crippen molar-refractivity contribution in [3.63, 3.8) is 0 Å². The number of hydrogen-bond donors (Lipinski definition) is 1. The standard InChI is InChI=1S/C28H25FN4O4S/c1-3-4-8-25-32-27(34)26(28(35)33(25)18(2)21-7-5-6-19(15-21)16-30)38(36,37)23-12-9-20(10-13-23)22-11-14-24(29)31-17-22/h5-7,9-15,17-18,34H,3-4,8H2,1-2H3/t18-/m0/s1. The van der Waals surface area contributed by atoms with E-state index in [0.29, 0.717) is 35.1 Å². The third kappa shape index (κ3) is 5.19. The number of nitrogens with zero attached hydrogens (tertiary/aromatic N) is 4. The van der Waals surface area contributed by atoms with Crippen molar-refractivity contribution in [2.45, 2.75) is 48.9 Å². The van der Waals surface area contributed by atoms with Gasteiger partial charge in [-0.1, -0.05) is 37.6 Å². The summed E-state index contributed by atoms with van der Waals surface area (Å²) in [7, 11) is -4.47. The van der Waals surface area contributed by atoms with Crippen LogP contribution in [0, 0.1) is 17.3 Å². The minimum atomic E-state index is -4.47. The molecule has 0 saturated heterocycles. The number of nitriles is 1. The van der Waals surface area contributed by atoms with E-state index in [1.165, 1.54) is 47.2 Å². The summed E-state index contributed by atoms with van der Waals surface area (Å²) in [6.45, 7) is 3.68. The molecule has 2 heterocycles. The molecule has 194 valence electrons. The number of benzene rings is 2. The van der Waals surface area contributed by atoms with Gasteiger partial charge in [-0.05, 0) is 60.9 Å². The molecule has 0 amide bonds. The van der Waals surface area contributed by atoms with Crippen LogP contribution in [-0.4, -0.2) is 28.1 Å². The predicted molar refractivity (Wildman–Crippen MR) is 139 cm³/mol. The molecule has 0 bridgehead atoms. The van der Waals surface area contributed by atoms with E-state index in [-0.39, 0.29) is 10.7 Å². The Morgan fingerprint density at radius 2 is 1.82 bits per heavy atom. The van der Waals surface area contributed by atoms with E-state index in [4.69, 9.17) is 0 Å². The third-order valence-corrected chi connectivity index (χ3v) is 8.05. The van der Waals surface area contributed by atoms with Gasteiger partial charge in [0.25, 0.3) is 5.56 Å². The van der Waals surface area contributed by atoms with Crippen molar-refractivity contribution in [2.24, 2.45) is 0 Å². The molecular weight excluding hydrogens is 507 g/mol. The maximum atomic E-state index is 13.8. The molecule has 0 radical (unpaired) electrons. The summed E-state index contributed by atoms with van der Waals surface area (Å²) in [5.74, 6) is -1.24. The molecule has 0 aliphatic rings. The molecule has 8 nitrogen and oxygen atoms in total. The zero-order chi connectivity index (χ0) is 27.4. The molecule has 0 saturated carbocycles. The van der Waals surface area contributed by atoms with Gasteiger partial charge in [0.1, 0.15) is 5.82 Å². The summed E-state index contributed by atoms with van der Waals surface area (Å²) in [5.41, 5.74) is 1.30. The average Bonchev–Trinajstić information content (AvgIpc) is 2.91. The molecule has 2 aromatic carbocycles. The largest absolute Gasteiger partial charge is 0.492 e. The highest BCUT2D eigenvalue weighted by molar-refractivity contribution is 7.91. The number of halogens is 1. The van der Waals surface area contributed by atoms with Crippen molar-refractivity contribution in [1.82, 2.24) is 14.5 Å². The zero-order valence-corrected chi connectivity index (χ0v) is 21.6. The van der Waals surface area contributed by atoms with Gasteiger partial charge in [-0.25, -0.2) is 13.4 Å². The molecule has 38 heavy (non-hydrogen) atoms. The fourth-order valence-corrected chi connectivity index (χ4v) is 5.55. The Balaban J connectivity index is 1.83. The maximum Gasteiger partial charge on any atom is 0.277 e. The molecule has 4 rings (SSSR count). The molecule has 10 heteroatoms. The highest BCUT2D eigenvalue weighted by Crippen LogP contribution is 2.29. The van der Waals surface area contributed by atoms with Gasteiger partial charge in [0.15, 0.2) is 4.90 Å². The summed E-state index contributed by atoms with van der Waals surface area (Å²) < 4.78 is 41.6. The first kappa shape index (κ1) is 26.7. The van der Waals surface area contributed by atoms with Crippen LogP contribution < -0.4 is 5.56 Å². The average molecular weight is 533 g/mol. The molecule has 0 spiro atoms. The van der Waals surface area contributed by atoms with Crippen LogP contribution in [0.1, 0.15) is 49.7 Å². The Bertz CT molecular complexity index is 1680. The highest BCUT2D eigenvalue weighted by atomic mass is 32.2. The van der Waals surface area contributed by atoms with Gasteiger partial charge >= 0.3 is 0 Å². The maximum absolute atomic E-state index is 13.8. The summed E-state index contributed by atoms with van der Waals surface area (Å²) in [6.07, 6.45) is 3.14. The van der Waals surface area contributed by atoms with Gasteiger partial charge in [-0.3, -0.25) is 9.36 Å². The van der Waals surface area contributed by atoms with E-state index in [1.807, 2.05) is 6.92 Å². The summed E-state index contributed by atoms with van der Waals surface area (Å²) in [5, 5.41) is 20.0. The van der Waals surface area contributed by atoms with Crippen LogP contribution in [0.15, 0.2) is 81.4 Å². The number of unbranched alkanes of at least 4 members (excludes halogenated alkanes) is 1. The smallest absolute Gasteiger partial charge is 0.277 e. The van der Waals surface area contributed by atoms with Crippen LogP contribution in [0.25, 0.3) is 11.1 Å². The lowest BCUT2D eigenvalue weighted by Gasteiger charge is -2.21. The first-order valence-electron chi connectivity index (χ1n) is 12.0. The fraction of sp³-hybridized carbons (Fsp3) is 0.214. The molecule has 0 unspecified atom stereocenters. The molecule has 0 fully saturated rings. The zero-order valence-electron chi connectivity index (χ0n) is 20.8. The molecule has 0 aliphatic carbocycles. The topological polar surface area (TPSA) is 126 Å². The van der Waals surface area contributed by atoms with Crippen molar-refractivity contribution in [3.8, 4) is 23.1 Å². The number of aromatic nitrogens is 3. The second-order valence-electron chi connectivity index (χ2n) is 8.77. The molecule has 2 aromatic heterocycles. The highest BCUT2D eigenvalue weighted by Gasteiger charge is 2.31. The number of aryl methyl sites for hydroxylation is 1. The van der Waals surface area contributed by atoms with Crippen LogP contribution in [0.5, 0.6) is 5.88 Å². The first-order valence-corrected chi connectivity index (χ1v) is 13.5. The summed E-state index contributed by atoms with van der Waals surface area (Å²) >= 11 is 0. The van der Waals surface area contributed by atoms with Gasteiger partial charge in [-0.15, -0.1) is 0 Å². The summed E-state index contributed by atoms with van der Waals surface area (Å²) in [4.78, 5) is 20.5. The monoisotopic (exact) mass is 532 g/mol. The Morgan fingerprint density at radius 1 is 1.11 bits per heavy atom. The lowest BCUT2D eigenvalue weighted by atomic mass is 10.0. The molecular formula is C28H25FN4O4S. The van der Waals surface area contributed by atoms with E-state index in [9.17, 15) is 28.0 Å². The molecule has 1 atom stereocenters. The number of hydrogen-bond acceptors (Lipinski definition) is 7. The summed E-state index contributed by atoms with van der Waals surface area (Å²) in [6, 6.07) is 16.4. The van der Waals surface area contributed by atoms with Gasteiger partial charge in [0, 0.05) is 18.2 Å². The normalized spacial score (nSPS) is 12.2. The number of rotatable bonds is 8. The number of pyridine rings is 1. The molecule has 0 aliphatic heterocycles. The quantitative estimate of drug-likeness (QED) is 0.323. The molecule has 4 aromatic rings. The number of aromatic hydroxyl groups is 1. The van der Waals surface area contributed by atoms with Gasteiger partial charge in [0.2, 0.25) is 21.7 Å². The Hall–Kier alpha value is -4.36. The minimum Gasteiger partial charge on any atom is -0.492 e. The number of sulfone groups is 1. The van der Waals surface area contributed by atoms with Crippen LogP contribution in [0.4, 0.5) is 4.39 Å². The Kier molecular flexibility index (Phi) is 7.69. The minimum absolute atomic E-state index is 0.211. The first-order chi connectivity index (χ1) is 18.2. The van der Waals surface area contributed by atoms with E-state index in [2.05, 4.69) is 16.0 Å².